The van der Waals surface area contributed by atoms with E-state index < -0.39 is 0 Å². The van der Waals surface area contributed by atoms with Gasteiger partial charge in [0.15, 0.2) is 0 Å². The van der Waals surface area contributed by atoms with Crippen LogP contribution in [0, 0.1) is 5.82 Å². The third-order valence-electron chi connectivity index (χ3n) is 2.52. The molecule has 0 radical (unpaired) electrons. The normalized spacial score (nSPS) is 11.5. The van der Waals surface area contributed by atoms with Crippen LogP contribution >= 0.6 is 27.5 Å². The molecule has 2 rings (SSSR count). The third kappa shape index (κ3) is 3.55. The van der Waals surface area contributed by atoms with Gasteiger partial charge in [0.2, 0.25) is 0 Å². The van der Waals surface area contributed by atoms with Crippen molar-refractivity contribution in [2.24, 2.45) is 5.10 Å². The molecule has 0 aliphatic rings. The van der Waals surface area contributed by atoms with Crippen molar-refractivity contribution in [2.45, 2.75) is 6.92 Å². The van der Waals surface area contributed by atoms with Gasteiger partial charge in [-0.05, 0) is 43.3 Å². The summed E-state index contributed by atoms with van der Waals surface area (Å²) in [6.07, 6.45) is 0. The second-order valence-corrected chi connectivity index (χ2v) is 5.24. The molecule has 98 valence electrons. The van der Waals surface area contributed by atoms with Crippen molar-refractivity contribution in [2.75, 3.05) is 5.43 Å². The number of rotatable bonds is 3. The summed E-state index contributed by atoms with van der Waals surface area (Å²) in [5.74, 6) is -0.383. The molecular formula is C14H11BrClFN2. The van der Waals surface area contributed by atoms with Gasteiger partial charge in [-0.25, -0.2) is 4.39 Å². The Bertz CT molecular complexity index is 591. The first-order valence-electron chi connectivity index (χ1n) is 5.58. The Balaban J connectivity index is 2.22. The van der Waals surface area contributed by atoms with E-state index in [4.69, 9.17) is 11.6 Å². The second kappa shape index (κ2) is 6.17. The highest BCUT2D eigenvalue weighted by atomic mass is 79.9. The number of halogens is 3. The van der Waals surface area contributed by atoms with Gasteiger partial charge >= 0.3 is 0 Å². The summed E-state index contributed by atoms with van der Waals surface area (Å²) in [6, 6.07) is 12.1. The summed E-state index contributed by atoms with van der Waals surface area (Å²) >= 11 is 9.32. The van der Waals surface area contributed by atoms with Crippen molar-refractivity contribution in [3.8, 4) is 0 Å². The maximum atomic E-state index is 13.7. The van der Waals surface area contributed by atoms with Crippen LogP contribution in [0.3, 0.4) is 0 Å². The number of hydrogen-bond acceptors (Lipinski definition) is 2. The molecule has 0 spiro atoms. The summed E-state index contributed by atoms with van der Waals surface area (Å²) in [4.78, 5) is 0. The number of nitrogens with one attached hydrogen (secondary N) is 1. The molecule has 1 N–H and O–H groups in total. The second-order valence-electron chi connectivity index (χ2n) is 3.91. The van der Waals surface area contributed by atoms with Gasteiger partial charge in [-0.1, -0.05) is 33.6 Å². The lowest BCUT2D eigenvalue weighted by Crippen LogP contribution is -2.03. The van der Waals surface area contributed by atoms with Crippen LogP contribution in [0.2, 0.25) is 5.02 Å². The first-order chi connectivity index (χ1) is 9.08. The highest BCUT2D eigenvalue weighted by molar-refractivity contribution is 9.10. The number of anilines is 1. The Kier molecular flexibility index (Phi) is 4.56. The number of hydrogen-bond donors (Lipinski definition) is 1. The molecule has 2 nitrogen and oxygen atoms in total. The zero-order valence-electron chi connectivity index (χ0n) is 10.1. The van der Waals surface area contributed by atoms with Crippen molar-refractivity contribution in [3.63, 3.8) is 0 Å². The van der Waals surface area contributed by atoms with Crippen molar-refractivity contribution < 1.29 is 4.39 Å². The van der Waals surface area contributed by atoms with E-state index in [0.717, 1.165) is 10.2 Å². The summed E-state index contributed by atoms with van der Waals surface area (Å²) in [7, 11) is 0. The maximum Gasteiger partial charge on any atom is 0.133 e. The van der Waals surface area contributed by atoms with Crippen molar-refractivity contribution in [1.82, 2.24) is 0 Å². The van der Waals surface area contributed by atoms with E-state index in [2.05, 4.69) is 26.5 Å². The Hall–Kier alpha value is -1.39. The van der Waals surface area contributed by atoms with Crippen LogP contribution in [0.4, 0.5) is 10.1 Å². The summed E-state index contributed by atoms with van der Waals surface area (Å²) in [6.45, 7) is 1.70. The van der Waals surface area contributed by atoms with E-state index in [0.29, 0.717) is 16.3 Å². The minimum atomic E-state index is -0.383. The van der Waals surface area contributed by atoms with Crippen molar-refractivity contribution >= 4 is 38.9 Å². The SMILES string of the molecule is C/C(=N\Nc1ccc(Br)cc1)c1c(F)cccc1Cl. The van der Waals surface area contributed by atoms with E-state index in [-0.39, 0.29) is 5.82 Å². The fourth-order valence-corrected chi connectivity index (χ4v) is 2.14. The highest BCUT2D eigenvalue weighted by Gasteiger charge is 2.09. The molecule has 2 aromatic rings. The fourth-order valence-electron chi connectivity index (χ4n) is 1.57. The standard InChI is InChI=1S/C14H11BrClFN2/c1-9(14-12(16)3-2-4-13(14)17)18-19-11-7-5-10(15)6-8-11/h2-8,19H,1H3/b18-9+. The number of hydrazone groups is 1. The van der Waals surface area contributed by atoms with Gasteiger partial charge in [0.05, 0.1) is 22.0 Å². The molecule has 0 heterocycles. The van der Waals surface area contributed by atoms with Crippen LogP contribution < -0.4 is 5.43 Å². The molecule has 0 atom stereocenters. The molecule has 0 saturated heterocycles. The van der Waals surface area contributed by atoms with Crippen LogP contribution in [-0.4, -0.2) is 5.71 Å². The molecule has 0 aliphatic heterocycles. The Morgan fingerprint density at radius 1 is 1.21 bits per heavy atom. The van der Waals surface area contributed by atoms with E-state index in [1.807, 2.05) is 24.3 Å². The first-order valence-corrected chi connectivity index (χ1v) is 6.75. The van der Waals surface area contributed by atoms with E-state index in [1.54, 1.807) is 19.1 Å². The molecule has 0 fully saturated rings. The molecule has 19 heavy (non-hydrogen) atoms. The Morgan fingerprint density at radius 3 is 2.53 bits per heavy atom. The molecule has 0 amide bonds. The lowest BCUT2D eigenvalue weighted by Gasteiger charge is -2.06. The highest BCUT2D eigenvalue weighted by Crippen LogP contribution is 2.20. The first kappa shape index (κ1) is 14.0. The third-order valence-corrected chi connectivity index (χ3v) is 3.37. The van der Waals surface area contributed by atoms with Crippen LogP contribution in [0.15, 0.2) is 52.0 Å². The molecule has 0 bridgehead atoms. The van der Waals surface area contributed by atoms with Crippen molar-refractivity contribution in [3.05, 3.63) is 63.3 Å². The quantitative estimate of drug-likeness (QED) is 0.611. The molecule has 0 aromatic heterocycles. The number of benzene rings is 2. The Morgan fingerprint density at radius 2 is 1.89 bits per heavy atom. The zero-order chi connectivity index (χ0) is 13.8. The van der Waals surface area contributed by atoms with Crippen molar-refractivity contribution in [1.29, 1.82) is 0 Å². The Labute approximate surface area is 124 Å². The van der Waals surface area contributed by atoms with Crippen LogP contribution in [0.5, 0.6) is 0 Å². The number of nitrogens with zero attached hydrogens (tertiary/aromatic N) is 1. The average Bonchev–Trinajstić information content (AvgIpc) is 2.38. The van der Waals surface area contributed by atoms with Crippen LogP contribution in [-0.2, 0) is 0 Å². The molecule has 0 aliphatic carbocycles. The molecule has 5 heteroatoms. The topological polar surface area (TPSA) is 24.4 Å². The maximum absolute atomic E-state index is 13.7. The molecule has 0 unspecified atom stereocenters. The smallest absolute Gasteiger partial charge is 0.133 e. The van der Waals surface area contributed by atoms with Crippen LogP contribution in [0.1, 0.15) is 12.5 Å². The lowest BCUT2D eigenvalue weighted by atomic mass is 10.1. The monoisotopic (exact) mass is 340 g/mol. The van der Waals surface area contributed by atoms with Gasteiger partial charge in [-0.2, -0.15) is 5.10 Å². The predicted molar refractivity (Wildman–Crippen MR) is 81.4 cm³/mol. The van der Waals surface area contributed by atoms with Gasteiger partial charge in [0, 0.05) is 4.47 Å². The van der Waals surface area contributed by atoms with Gasteiger partial charge in [0.25, 0.3) is 0 Å². The minimum absolute atomic E-state index is 0.314. The van der Waals surface area contributed by atoms with Gasteiger partial charge in [-0.3, -0.25) is 5.43 Å². The molecular weight excluding hydrogens is 331 g/mol. The van der Waals surface area contributed by atoms with E-state index >= 15 is 0 Å². The lowest BCUT2D eigenvalue weighted by molar-refractivity contribution is 0.625. The summed E-state index contributed by atoms with van der Waals surface area (Å²) in [5, 5.41) is 4.49. The van der Waals surface area contributed by atoms with E-state index in [1.165, 1.54) is 6.07 Å². The van der Waals surface area contributed by atoms with E-state index in [9.17, 15) is 4.39 Å². The van der Waals surface area contributed by atoms with Gasteiger partial charge in [0.1, 0.15) is 5.82 Å². The zero-order valence-corrected chi connectivity index (χ0v) is 12.5. The van der Waals surface area contributed by atoms with Gasteiger partial charge in [-0.15, -0.1) is 0 Å². The average molecular weight is 342 g/mol. The molecule has 0 saturated carbocycles. The summed E-state index contributed by atoms with van der Waals surface area (Å²) < 4.78 is 14.7. The summed E-state index contributed by atoms with van der Waals surface area (Å²) in [5.41, 5.74) is 4.49. The minimum Gasteiger partial charge on any atom is -0.278 e. The largest absolute Gasteiger partial charge is 0.278 e. The van der Waals surface area contributed by atoms with Gasteiger partial charge < -0.3 is 0 Å². The predicted octanol–water partition coefficient (Wildman–Crippen LogP) is 5.08. The van der Waals surface area contributed by atoms with Crippen LogP contribution in [0.25, 0.3) is 0 Å². The fraction of sp³-hybridized carbons (Fsp3) is 0.0714. The molecule has 2 aromatic carbocycles.